The van der Waals surface area contributed by atoms with Crippen LogP contribution in [-0.4, -0.2) is 59.7 Å². The average Bonchev–Trinajstić information content (AvgIpc) is 3.06. The lowest BCUT2D eigenvalue weighted by molar-refractivity contribution is -0.173. The van der Waals surface area contributed by atoms with Crippen molar-refractivity contribution in [3.63, 3.8) is 0 Å². The number of methoxy groups -OCH3 is 1. The van der Waals surface area contributed by atoms with Gasteiger partial charge < -0.3 is 29.2 Å². The molecule has 8 rings (SSSR count). The van der Waals surface area contributed by atoms with Crippen molar-refractivity contribution in [2.24, 2.45) is 23.2 Å². The van der Waals surface area contributed by atoms with E-state index < -0.39 is 5.60 Å². The van der Waals surface area contributed by atoms with Gasteiger partial charge in [-0.05, 0) is 86.1 Å². The molecule has 1 N–H and O–H groups in total. The highest BCUT2D eigenvalue weighted by Crippen LogP contribution is 2.60. The maximum Gasteiger partial charge on any atom is 0.312 e. The molecule has 1 heterocycles. The van der Waals surface area contributed by atoms with E-state index in [0.717, 1.165) is 70.8 Å². The molecule has 0 radical (unpaired) electrons. The predicted molar refractivity (Wildman–Crippen MR) is 176 cm³/mol. The second-order valence-electron chi connectivity index (χ2n) is 13.5. The van der Waals surface area contributed by atoms with E-state index in [0.29, 0.717) is 39.6 Å². The van der Waals surface area contributed by atoms with E-state index in [1.807, 2.05) is 0 Å². The fourth-order valence-corrected chi connectivity index (χ4v) is 9.17. The molecule has 4 saturated carbocycles. The first-order valence-electron chi connectivity index (χ1n) is 16.7. The maximum absolute atomic E-state index is 12.9. The standard InChI is InChI=1S/C38H46N2O5/c1-40-34-9-5-3-7-32(34)38(42-2,33-8-4-6-10-35(33)40)30-11-13-31(14-12-30)39-15-16-43-17-18-44-19-20-45-36(41)37-24-27-21-28(25-37)23-29(22-27)26-37/h3-14,27-29,39H,15-26H2,1-2H3. The van der Waals surface area contributed by atoms with E-state index in [-0.39, 0.29) is 11.4 Å². The summed E-state index contributed by atoms with van der Waals surface area (Å²) in [6.45, 7) is 3.00. The van der Waals surface area contributed by atoms with E-state index in [1.165, 1.54) is 19.3 Å². The minimum absolute atomic E-state index is 0.0268. The lowest BCUT2D eigenvalue weighted by atomic mass is 9.49. The van der Waals surface area contributed by atoms with Crippen molar-refractivity contribution in [3.05, 3.63) is 89.5 Å². The van der Waals surface area contributed by atoms with Crippen molar-refractivity contribution < 1.29 is 23.7 Å². The van der Waals surface area contributed by atoms with Gasteiger partial charge in [0.05, 0.1) is 31.8 Å². The molecule has 4 aliphatic carbocycles. The molecule has 4 bridgehead atoms. The first-order valence-corrected chi connectivity index (χ1v) is 16.7. The zero-order valence-electron chi connectivity index (χ0n) is 26.6. The molecule has 0 aromatic heterocycles. The summed E-state index contributed by atoms with van der Waals surface area (Å²) >= 11 is 0. The van der Waals surface area contributed by atoms with Gasteiger partial charge in [0.1, 0.15) is 12.2 Å². The number of fused-ring (bicyclic) bond motifs is 2. The molecule has 0 amide bonds. The number of rotatable bonds is 13. The van der Waals surface area contributed by atoms with Crippen LogP contribution in [0.2, 0.25) is 0 Å². The Morgan fingerprint density at radius 3 is 1.87 bits per heavy atom. The summed E-state index contributed by atoms with van der Waals surface area (Å²) in [6, 6.07) is 25.4. The molecule has 0 saturated heterocycles. The van der Waals surface area contributed by atoms with Gasteiger partial charge in [-0.25, -0.2) is 0 Å². The van der Waals surface area contributed by atoms with Crippen LogP contribution in [0.4, 0.5) is 17.1 Å². The van der Waals surface area contributed by atoms with Crippen molar-refractivity contribution in [1.29, 1.82) is 0 Å². The van der Waals surface area contributed by atoms with Gasteiger partial charge in [0.2, 0.25) is 0 Å². The number of hydrogen-bond donors (Lipinski definition) is 1. The van der Waals surface area contributed by atoms with Crippen molar-refractivity contribution in [3.8, 4) is 0 Å². The van der Waals surface area contributed by atoms with E-state index in [4.69, 9.17) is 18.9 Å². The molecule has 3 aromatic carbocycles. The summed E-state index contributed by atoms with van der Waals surface area (Å²) in [7, 11) is 3.90. The highest BCUT2D eigenvalue weighted by Gasteiger charge is 2.55. The van der Waals surface area contributed by atoms with Crippen LogP contribution in [0, 0.1) is 23.2 Å². The van der Waals surface area contributed by atoms with Gasteiger partial charge in [-0.1, -0.05) is 48.5 Å². The molecular weight excluding hydrogens is 564 g/mol. The Balaban J connectivity index is 0.842. The van der Waals surface area contributed by atoms with Gasteiger partial charge in [-0.3, -0.25) is 4.79 Å². The maximum atomic E-state index is 12.9. The summed E-state index contributed by atoms with van der Waals surface area (Å²) in [5, 5.41) is 3.46. The Morgan fingerprint density at radius 1 is 0.756 bits per heavy atom. The second kappa shape index (κ2) is 12.8. The molecule has 0 spiro atoms. The number of ether oxygens (including phenoxy) is 4. The number of carbonyl (C=O) groups excluding carboxylic acids is 1. The van der Waals surface area contributed by atoms with Gasteiger partial charge in [0.25, 0.3) is 0 Å². The lowest BCUT2D eigenvalue weighted by Gasteiger charge is -2.55. The number of hydrogen-bond acceptors (Lipinski definition) is 7. The third-order valence-electron chi connectivity index (χ3n) is 10.8. The number of benzene rings is 3. The fourth-order valence-electron chi connectivity index (χ4n) is 9.17. The minimum Gasteiger partial charge on any atom is -0.463 e. The molecule has 5 aliphatic rings. The van der Waals surface area contributed by atoms with Crippen LogP contribution in [0.25, 0.3) is 0 Å². The molecule has 7 nitrogen and oxygen atoms in total. The number of para-hydroxylation sites is 2. The highest BCUT2D eigenvalue weighted by molar-refractivity contribution is 5.79. The molecule has 7 heteroatoms. The Kier molecular flexibility index (Phi) is 8.60. The van der Waals surface area contributed by atoms with Crippen molar-refractivity contribution in [1.82, 2.24) is 0 Å². The SMILES string of the molecule is COC1(c2ccc(NCCOCCOCCOC(=O)C34CC5CC(CC(C5)C3)C4)cc2)c2ccccc2N(C)c2ccccc21. The van der Waals surface area contributed by atoms with Crippen LogP contribution in [-0.2, 0) is 29.3 Å². The summed E-state index contributed by atoms with van der Waals surface area (Å²) in [6.07, 6.45) is 7.11. The zero-order valence-corrected chi connectivity index (χ0v) is 26.6. The summed E-state index contributed by atoms with van der Waals surface area (Å²) in [5.74, 6) is 2.26. The zero-order chi connectivity index (χ0) is 30.9. The monoisotopic (exact) mass is 610 g/mol. The van der Waals surface area contributed by atoms with Crippen LogP contribution in [0.5, 0.6) is 0 Å². The van der Waals surface area contributed by atoms with Crippen LogP contribution in [0.1, 0.15) is 55.2 Å². The normalized spacial score (nSPS) is 25.5. The number of nitrogens with one attached hydrogen (secondary N) is 1. The van der Waals surface area contributed by atoms with Crippen molar-refractivity contribution in [2.75, 3.05) is 64.0 Å². The third kappa shape index (κ3) is 5.64. The van der Waals surface area contributed by atoms with E-state index in [2.05, 4.69) is 90.1 Å². The Bertz CT molecular complexity index is 1400. The van der Waals surface area contributed by atoms with Crippen LogP contribution in [0.3, 0.4) is 0 Å². The summed E-state index contributed by atoms with van der Waals surface area (Å²) < 4.78 is 23.6. The highest BCUT2D eigenvalue weighted by atomic mass is 16.6. The Morgan fingerprint density at radius 2 is 1.29 bits per heavy atom. The van der Waals surface area contributed by atoms with E-state index in [1.54, 1.807) is 7.11 Å². The van der Waals surface area contributed by atoms with Crippen LogP contribution >= 0.6 is 0 Å². The van der Waals surface area contributed by atoms with Crippen LogP contribution in [0.15, 0.2) is 72.8 Å². The Hall–Kier alpha value is -3.39. The lowest BCUT2D eigenvalue weighted by Crippen LogP contribution is -2.50. The topological polar surface area (TPSA) is 69.3 Å². The third-order valence-corrected chi connectivity index (χ3v) is 10.8. The molecule has 0 atom stereocenters. The van der Waals surface area contributed by atoms with E-state index in [9.17, 15) is 4.79 Å². The van der Waals surface area contributed by atoms with Gasteiger partial charge in [0, 0.05) is 48.9 Å². The van der Waals surface area contributed by atoms with Crippen molar-refractivity contribution >= 4 is 23.0 Å². The van der Waals surface area contributed by atoms with Gasteiger partial charge in [-0.2, -0.15) is 0 Å². The van der Waals surface area contributed by atoms with Gasteiger partial charge >= 0.3 is 5.97 Å². The number of anilines is 3. The van der Waals surface area contributed by atoms with Crippen LogP contribution < -0.4 is 10.2 Å². The molecule has 3 aromatic rings. The summed E-state index contributed by atoms with van der Waals surface area (Å²) in [5.41, 5.74) is 5.76. The number of nitrogens with zero attached hydrogens (tertiary/aromatic N) is 1. The largest absolute Gasteiger partial charge is 0.463 e. The molecule has 1 aliphatic heterocycles. The van der Waals surface area contributed by atoms with E-state index >= 15 is 0 Å². The quantitative estimate of drug-likeness (QED) is 0.167. The molecule has 0 unspecified atom stereocenters. The molecule has 238 valence electrons. The first kappa shape index (κ1) is 30.3. The second-order valence-corrected chi connectivity index (χ2v) is 13.5. The average molecular weight is 611 g/mol. The Labute approximate surface area is 267 Å². The summed E-state index contributed by atoms with van der Waals surface area (Å²) in [4.78, 5) is 15.2. The number of esters is 1. The molecule has 4 fully saturated rings. The van der Waals surface area contributed by atoms with Gasteiger partial charge in [0.15, 0.2) is 0 Å². The van der Waals surface area contributed by atoms with Crippen molar-refractivity contribution in [2.45, 2.75) is 44.1 Å². The fraction of sp³-hybridized carbons (Fsp3) is 0.500. The molecule has 45 heavy (non-hydrogen) atoms. The minimum atomic E-state index is -0.700. The van der Waals surface area contributed by atoms with Gasteiger partial charge in [-0.15, -0.1) is 0 Å². The first-order chi connectivity index (χ1) is 22.0. The predicted octanol–water partition coefficient (Wildman–Crippen LogP) is 6.91. The molecular formula is C38H46N2O5. The smallest absolute Gasteiger partial charge is 0.312 e. The number of carbonyl (C=O) groups is 1.